The molecule has 0 radical (unpaired) electrons. The zero-order valence-corrected chi connectivity index (χ0v) is 34.5. The maximum atomic E-state index is 14.0. The quantitative estimate of drug-likeness (QED) is 0.0645. The van der Waals surface area contributed by atoms with Gasteiger partial charge in [0.25, 0.3) is 11.8 Å². The molecular formula is C31H31ClN5O7P5S2. The van der Waals surface area contributed by atoms with Gasteiger partial charge in [-0.15, -0.1) is 61.3 Å². The number of fused-ring (bicyclic) bond motifs is 1. The number of carbonyl (C=O) groups excluding carboxylic acids is 4. The molecule has 1 aromatic carbocycles. The number of thiazole rings is 1. The van der Waals surface area contributed by atoms with Crippen LogP contribution in [0, 0.1) is 0 Å². The maximum Gasteiger partial charge on any atom is 0.355 e. The Bertz CT molecular complexity index is 1890. The van der Waals surface area contributed by atoms with Gasteiger partial charge in [0.2, 0.25) is 6.10 Å². The number of allylic oxidation sites excluding steroid dienone is 2. The Kier molecular flexibility index (Phi) is 14.9. The second-order valence-corrected chi connectivity index (χ2v) is 14.8. The number of anilines is 1. The topological polar surface area (TPSA) is 149 Å². The number of oxime groups is 1. The highest BCUT2D eigenvalue weighted by molar-refractivity contribution is 8.00. The Hall–Kier alpha value is -3.03. The van der Waals surface area contributed by atoms with Gasteiger partial charge in [0.1, 0.15) is 22.8 Å². The van der Waals surface area contributed by atoms with E-state index in [9.17, 15) is 19.2 Å². The summed E-state index contributed by atoms with van der Waals surface area (Å²) < 4.78 is 10.1. The van der Waals surface area contributed by atoms with Crippen LogP contribution in [0.2, 0.25) is 0 Å². The number of methoxy groups -OCH3 is 2. The van der Waals surface area contributed by atoms with Crippen LogP contribution in [0.4, 0.5) is 5.13 Å². The molecule has 0 spiro atoms. The zero-order valence-electron chi connectivity index (χ0n) is 27.3. The average Bonchev–Trinajstić information content (AvgIpc) is 3.64. The van der Waals surface area contributed by atoms with Gasteiger partial charge in [0, 0.05) is 40.2 Å². The largest absolute Gasteiger partial charge is 0.466 e. The highest BCUT2D eigenvalue weighted by Gasteiger charge is 2.54. The molecule has 3 heterocycles. The second kappa shape index (κ2) is 18.6. The van der Waals surface area contributed by atoms with Crippen LogP contribution in [0.3, 0.4) is 0 Å². The SMILES string of the molecule is C=Pc1c(C=P)c(C=P)c(C=P)c(C(O/N=C(\C(=O)NC2C(=O)N3C(C(=O)OC)=C(/C=C/CCl)CSC23)c2csc(NC)n2)C(=O)OC)c1P=C. The van der Waals surface area contributed by atoms with Crippen LogP contribution in [0.15, 0.2) is 34.0 Å². The maximum absolute atomic E-state index is 14.0. The fourth-order valence-corrected chi connectivity index (χ4v) is 10.1. The first-order valence-electron chi connectivity index (χ1n) is 14.5. The summed E-state index contributed by atoms with van der Waals surface area (Å²) in [7, 11) is 15.7. The van der Waals surface area contributed by atoms with Gasteiger partial charge in [-0.3, -0.25) is 14.5 Å². The highest BCUT2D eigenvalue weighted by Crippen LogP contribution is 2.41. The molecule has 20 heteroatoms. The molecule has 0 aliphatic carbocycles. The standard InChI is InChI=1S/C31H31ClN5O7P5S2/c1-33-31-34-18(13-51-31)20(26(38)35-21-27(39)37-22(29(40)42-2)14(7-6-8-32)12-50-28(21)37)36-44-23(30(41)43-3)19-16(10-46)15(9-45)17(11-47)24(48-4)25(19)49-5/h6-7,9-11,13,21,23,28,45-47H,4-5,8,12H2,1-3H3,(H,33,34)(H,35,38)/b7-6+,36-20-. The molecule has 266 valence electrons. The normalized spacial score (nSPS) is 17.8. The summed E-state index contributed by atoms with van der Waals surface area (Å²) in [5, 5.41) is 12.7. The van der Waals surface area contributed by atoms with Gasteiger partial charge in [-0.25, -0.2) is 14.6 Å². The van der Waals surface area contributed by atoms with Crippen LogP contribution in [0.25, 0.3) is 0 Å². The van der Waals surface area contributed by atoms with Gasteiger partial charge in [0.15, 0.2) is 10.8 Å². The minimum Gasteiger partial charge on any atom is -0.466 e. The van der Waals surface area contributed by atoms with Crippen molar-refractivity contribution in [3.63, 3.8) is 0 Å². The number of β-lactam (4-membered cyclic amide) rings is 1. The zero-order chi connectivity index (χ0) is 37.4. The number of hydrogen-bond acceptors (Lipinski definition) is 12. The molecule has 2 N–H and O–H groups in total. The summed E-state index contributed by atoms with van der Waals surface area (Å²) >= 11 is 8.36. The average molecular weight is 840 g/mol. The Morgan fingerprint density at radius 2 is 1.82 bits per heavy atom. The summed E-state index contributed by atoms with van der Waals surface area (Å²) in [4.78, 5) is 65.4. The van der Waals surface area contributed by atoms with Gasteiger partial charge in [-0.05, 0) is 39.7 Å². The number of carbonyl (C=O) groups is 4. The molecule has 4 rings (SSSR count). The first-order chi connectivity index (χ1) is 24.6. The van der Waals surface area contributed by atoms with Crippen molar-refractivity contribution in [3.05, 3.63) is 56.7 Å². The van der Waals surface area contributed by atoms with E-state index in [1.54, 1.807) is 42.0 Å². The smallest absolute Gasteiger partial charge is 0.355 e. The van der Waals surface area contributed by atoms with Crippen molar-refractivity contribution in [1.29, 1.82) is 0 Å². The van der Waals surface area contributed by atoms with Crippen LogP contribution >= 0.6 is 77.7 Å². The van der Waals surface area contributed by atoms with Crippen LogP contribution in [0.5, 0.6) is 0 Å². The molecular weight excluding hydrogens is 809 g/mol. The van der Waals surface area contributed by atoms with Crippen molar-refractivity contribution < 1.29 is 33.5 Å². The number of alkyl halides is 1. The molecule has 3 unspecified atom stereocenters. The van der Waals surface area contributed by atoms with E-state index >= 15 is 0 Å². The minimum absolute atomic E-state index is 0.0820. The molecule has 51 heavy (non-hydrogen) atoms. The van der Waals surface area contributed by atoms with Gasteiger partial charge in [0.05, 0.1) is 14.2 Å². The van der Waals surface area contributed by atoms with Gasteiger partial charge >= 0.3 is 11.9 Å². The Morgan fingerprint density at radius 3 is 2.37 bits per heavy atom. The third-order valence-electron chi connectivity index (χ3n) is 7.53. The number of hydrogen-bond donors (Lipinski definition) is 2. The van der Waals surface area contributed by atoms with Crippen LogP contribution < -0.4 is 21.2 Å². The molecule has 1 saturated heterocycles. The third kappa shape index (κ3) is 8.15. The molecule has 2 aliphatic heterocycles. The highest BCUT2D eigenvalue weighted by atomic mass is 35.5. The lowest BCUT2D eigenvalue weighted by Crippen LogP contribution is -2.71. The third-order valence-corrected chi connectivity index (χ3v) is 12.5. The summed E-state index contributed by atoms with van der Waals surface area (Å²) in [6.45, 7) is 0. The van der Waals surface area contributed by atoms with E-state index < -0.39 is 41.3 Å². The molecule has 1 aromatic heterocycles. The number of nitrogens with zero attached hydrogens (tertiary/aromatic N) is 3. The van der Waals surface area contributed by atoms with E-state index in [4.69, 9.17) is 25.9 Å². The molecule has 1 fully saturated rings. The monoisotopic (exact) mass is 839 g/mol. The number of benzene rings is 1. The second-order valence-electron chi connectivity index (χ2n) is 10.1. The van der Waals surface area contributed by atoms with Crippen molar-refractivity contribution in [2.75, 3.05) is 38.2 Å². The molecule has 2 aromatic rings. The molecule has 3 atom stereocenters. The number of aromatic nitrogens is 1. The van der Waals surface area contributed by atoms with Crippen molar-refractivity contribution in [1.82, 2.24) is 15.2 Å². The number of ether oxygens (including phenoxy) is 2. The fourth-order valence-electron chi connectivity index (χ4n) is 5.22. The van der Waals surface area contributed by atoms with E-state index in [-0.39, 0.29) is 23.0 Å². The summed E-state index contributed by atoms with van der Waals surface area (Å²) in [6, 6.07) is -1.03. The number of esters is 2. The Morgan fingerprint density at radius 1 is 1.14 bits per heavy atom. The predicted molar refractivity (Wildman–Crippen MR) is 222 cm³/mol. The number of thioether (sulfide) groups is 1. The van der Waals surface area contributed by atoms with Crippen LogP contribution in [-0.4, -0.2) is 114 Å². The van der Waals surface area contributed by atoms with Crippen molar-refractivity contribution in [3.8, 4) is 0 Å². The minimum atomic E-state index is -1.48. The number of nitrogens with one attached hydrogen (secondary N) is 2. The Balaban J connectivity index is 1.79. The number of rotatable bonds is 16. The molecule has 0 saturated carbocycles. The number of amides is 2. The van der Waals surface area contributed by atoms with Gasteiger partial charge in [-0.1, -0.05) is 46.3 Å². The molecule has 0 bridgehead atoms. The van der Waals surface area contributed by atoms with E-state index in [0.717, 1.165) is 10.9 Å². The van der Waals surface area contributed by atoms with Crippen LogP contribution in [0.1, 0.15) is 34.1 Å². The van der Waals surface area contributed by atoms with Gasteiger partial charge in [-0.2, -0.15) is 0 Å². The molecule has 2 amide bonds. The van der Waals surface area contributed by atoms with E-state index in [2.05, 4.69) is 60.0 Å². The van der Waals surface area contributed by atoms with E-state index in [1.807, 2.05) is 0 Å². The summed E-state index contributed by atoms with van der Waals surface area (Å²) in [5.41, 5.74) is 2.86. The van der Waals surface area contributed by atoms with Crippen LogP contribution in [-0.2, 0) is 33.5 Å². The van der Waals surface area contributed by atoms with Crippen molar-refractivity contribution in [2.24, 2.45) is 5.16 Å². The van der Waals surface area contributed by atoms with E-state index in [0.29, 0.717) is 54.9 Å². The molecule has 12 nitrogen and oxygen atoms in total. The van der Waals surface area contributed by atoms with Gasteiger partial charge < -0.3 is 24.9 Å². The van der Waals surface area contributed by atoms with E-state index in [1.165, 1.54) is 42.2 Å². The van der Waals surface area contributed by atoms with Crippen molar-refractivity contribution in [2.45, 2.75) is 17.5 Å². The number of halogens is 1. The Labute approximate surface area is 317 Å². The lowest BCUT2D eigenvalue weighted by Gasteiger charge is -2.49. The lowest BCUT2D eigenvalue weighted by atomic mass is 9.95. The van der Waals surface area contributed by atoms with Crippen molar-refractivity contribution >= 4 is 153 Å². The summed E-state index contributed by atoms with van der Waals surface area (Å²) in [6.07, 6.45) is 9.97. The fraction of sp³-hybridized carbons (Fsp3) is 0.258. The first kappa shape index (κ1) is 40.7. The molecule has 2 aliphatic rings. The lowest BCUT2D eigenvalue weighted by molar-refractivity contribution is -0.154. The first-order valence-corrected chi connectivity index (χ1v) is 20.9. The summed E-state index contributed by atoms with van der Waals surface area (Å²) in [5.74, 6) is 2.78. The predicted octanol–water partition coefficient (Wildman–Crippen LogP) is 3.33.